The molecule has 0 aliphatic rings. The largest absolute Gasteiger partial charge is 0.366 e. The molecule has 0 unspecified atom stereocenters. The average molecular weight is 221 g/mol. The Morgan fingerprint density at radius 3 is 2.35 bits per heavy atom. The van der Waals surface area contributed by atoms with Crippen LogP contribution in [0, 0.1) is 0 Å². The monoisotopic (exact) mass is 221 g/mol. The van der Waals surface area contributed by atoms with Crippen LogP contribution in [-0.4, -0.2) is 5.91 Å². The van der Waals surface area contributed by atoms with Gasteiger partial charge in [0.25, 0.3) is 0 Å². The number of amides is 1. The van der Waals surface area contributed by atoms with Gasteiger partial charge in [0.2, 0.25) is 5.91 Å². The van der Waals surface area contributed by atoms with Gasteiger partial charge in [0.05, 0.1) is 0 Å². The topological polar surface area (TPSA) is 43.1 Å². The normalized spacial score (nSPS) is 10.8. The maximum atomic E-state index is 11.4. The van der Waals surface area contributed by atoms with Gasteiger partial charge in [0.15, 0.2) is 0 Å². The second-order valence-electron chi connectivity index (χ2n) is 4.05. The molecule has 0 aliphatic heterocycles. The lowest BCUT2D eigenvalue weighted by Crippen LogP contribution is -2.11. The number of hydrogen-bond acceptors (Lipinski definition) is 1. The average Bonchev–Trinajstić information content (AvgIpc) is 2.37. The first kappa shape index (κ1) is 9.85. The predicted octanol–water partition coefficient (Wildman–Crippen LogP) is 3.09. The van der Waals surface area contributed by atoms with Gasteiger partial charge < -0.3 is 5.73 Å². The molecule has 17 heavy (non-hydrogen) atoms. The highest BCUT2D eigenvalue weighted by Gasteiger charge is 2.07. The minimum absolute atomic E-state index is 0.383. The van der Waals surface area contributed by atoms with Crippen LogP contribution in [0.15, 0.2) is 54.6 Å². The van der Waals surface area contributed by atoms with Crippen LogP contribution < -0.4 is 5.73 Å². The molecule has 0 radical (unpaired) electrons. The van der Waals surface area contributed by atoms with Crippen molar-refractivity contribution in [3.8, 4) is 0 Å². The minimum Gasteiger partial charge on any atom is -0.366 e. The van der Waals surface area contributed by atoms with Crippen molar-refractivity contribution in [3.05, 3.63) is 60.2 Å². The van der Waals surface area contributed by atoms with Crippen LogP contribution >= 0.6 is 0 Å². The second-order valence-corrected chi connectivity index (χ2v) is 4.05. The van der Waals surface area contributed by atoms with Crippen LogP contribution in [-0.2, 0) is 0 Å². The smallest absolute Gasteiger partial charge is 0.249 e. The zero-order valence-electron chi connectivity index (χ0n) is 9.18. The molecule has 2 nitrogen and oxygen atoms in total. The lowest BCUT2D eigenvalue weighted by molar-refractivity contribution is 0.100. The molecule has 0 bridgehead atoms. The van der Waals surface area contributed by atoms with Crippen molar-refractivity contribution in [1.29, 1.82) is 0 Å². The van der Waals surface area contributed by atoms with E-state index in [0.29, 0.717) is 5.56 Å². The van der Waals surface area contributed by atoms with Crippen LogP contribution in [0.25, 0.3) is 21.5 Å². The Morgan fingerprint density at radius 2 is 1.53 bits per heavy atom. The highest BCUT2D eigenvalue weighted by molar-refractivity contribution is 6.14. The fourth-order valence-electron chi connectivity index (χ4n) is 2.26. The van der Waals surface area contributed by atoms with Gasteiger partial charge in [0.1, 0.15) is 0 Å². The molecule has 2 N–H and O–H groups in total. The summed E-state index contributed by atoms with van der Waals surface area (Å²) in [6.07, 6.45) is 0. The fourth-order valence-corrected chi connectivity index (χ4v) is 2.26. The molecule has 2 heteroatoms. The van der Waals surface area contributed by atoms with Gasteiger partial charge >= 0.3 is 0 Å². The second kappa shape index (κ2) is 3.59. The highest BCUT2D eigenvalue weighted by atomic mass is 16.1. The number of rotatable bonds is 1. The first-order valence-electron chi connectivity index (χ1n) is 5.47. The third kappa shape index (κ3) is 1.46. The predicted molar refractivity (Wildman–Crippen MR) is 70.0 cm³/mol. The summed E-state index contributed by atoms with van der Waals surface area (Å²) >= 11 is 0. The summed E-state index contributed by atoms with van der Waals surface area (Å²) in [5.74, 6) is -0.383. The molecule has 0 aromatic heterocycles. The van der Waals surface area contributed by atoms with E-state index in [1.54, 1.807) is 6.07 Å². The Labute approximate surface area is 98.7 Å². The van der Waals surface area contributed by atoms with E-state index in [1.807, 2.05) is 36.4 Å². The molecule has 0 fully saturated rings. The lowest BCUT2D eigenvalue weighted by Gasteiger charge is -2.06. The van der Waals surface area contributed by atoms with Crippen molar-refractivity contribution in [3.63, 3.8) is 0 Å². The molecule has 3 aromatic carbocycles. The zero-order chi connectivity index (χ0) is 11.8. The third-order valence-electron chi connectivity index (χ3n) is 3.05. The van der Waals surface area contributed by atoms with Crippen molar-refractivity contribution in [1.82, 2.24) is 0 Å². The van der Waals surface area contributed by atoms with Gasteiger partial charge in [-0.25, -0.2) is 0 Å². The molecule has 1 amide bonds. The SMILES string of the molecule is NC(=O)c1cccc2c1ccc1ccccc12. The van der Waals surface area contributed by atoms with Crippen molar-refractivity contribution >= 4 is 27.5 Å². The summed E-state index contributed by atoms with van der Waals surface area (Å²) in [5.41, 5.74) is 5.96. The maximum absolute atomic E-state index is 11.4. The number of fused-ring (bicyclic) bond motifs is 3. The Balaban J connectivity index is 2.52. The van der Waals surface area contributed by atoms with Crippen LogP contribution in [0.5, 0.6) is 0 Å². The van der Waals surface area contributed by atoms with E-state index in [-0.39, 0.29) is 5.91 Å². The van der Waals surface area contributed by atoms with E-state index >= 15 is 0 Å². The van der Waals surface area contributed by atoms with E-state index in [1.165, 1.54) is 5.39 Å². The Morgan fingerprint density at radius 1 is 0.765 bits per heavy atom. The van der Waals surface area contributed by atoms with Crippen molar-refractivity contribution in [2.75, 3.05) is 0 Å². The summed E-state index contributed by atoms with van der Waals surface area (Å²) in [7, 11) is 0. The first-order valence-corrected chi connectivity index (χ1v) is 5.47. The van der Waals surface area contributed by atoms with Crippen molar-refractivity contribution in [2.45, 2.75) is 0 Å². The minimum atomic E-state index is -0.383. The van der Waals surface area contributed by atoms with Crippen molar-refractivity contribution in [2.24, 2.45) is 5.73 Å². The van der Waals surface area contributed by atoms with Crippen molar-refractivity contribution < 1.29 is 4.79 Å². The molecule has 0 atom stereocenters. The Kier molecular flexibility index (Phi) is 2.08. The number of carbonyl (C=O) groups excluding carboxylic acids is 1. The molecule has 0 saturated carbocycles. The van der Waals surface area contributed by atoms with Gasteiger partial charge in [-0.3, -0.25) is 4.79 Å². The molecule has 82 valence electrons. The molecule has 0 heterocycles. The van der Waals surface area contributed by atoms with E-state index in [2.05, 4.69) is 12.1 Å². The molecule has 0 aliphatic carbocycles. The van der Waals surface area contributed by atoms with Gasteiger partial charge in [-0.05, 0) is 27.6 Å². The van der Waals surface area contributed by atoms with Crippen LogP contribution in [0.3, 0.4) is 0 Å². The Bertz CT molecular complexity index is 731. The fraction of sp³-hybridized carbons (Fsp3) is 0. The first-order chi connectivity index (χ1) is 8.27. The van der Waals surface area contributed by atoms with E-state index < -0.39 is 0 Å². The molecule has 0 spiro atoms. The summed E-state index contributed by atoms with van der Waals surface area (Å²) in [6, 6.07) is 17.7. The summed E-state index contributed by atoms with van der Waals surface area (Å²) in [5, 5.41) is 4.30. The molecule has 3 rings (SSSR count). The van der Waals surface area contributed by atoms with Crippen LogP contribution in [0.2, 0.25) is 0 Å². The van der Waals surface area contributed by atoms with Gasteiger partial charge in [-0.2, -0.15) is 0 Å². The number of carbonyl (C=O) groups is 1. The zero-order valence-corrected chi connectivity index (χ0v) is 9.18. The maximum Gasteiger partial charge on any atom is 0.249 e. The molecule has 3 aromatic rings. The molecule has 0 saturated heterocycles. The number of primary amides is 1. The Hall–Kier alpha value is -2.35. The van der Waals surface area contributed by atoms with Crippen LogP contribution in [0.1, 0.15) is 10.4 Å². The van der Waals surface area contributed by atoms with Gasteiger partial charge in [-0.15, -0.1) is 0 Å². The standard InChI is InChI=1S/C15H11NO/c16-15(17)14-7-3-6-12-11-5-2-1-4-10(11)8-9-13(12)14/h1-9H,(H2,16,17). The molecular weight excluding hydrogens is 210 g/mol. The third-order valence-corrected chi connectivity index (χ3v) is 3.05. The lowest BCUT2D eigenvalue weighted by atomic mass is 9.98. The number of benzene rings is 3. The summed E-state index contributed by atoms with van der Waals surface area (Å²) < 4.78 is 0. The molecular formula is C15H11NO. The highest BCUT2D eigenvalue weighted by Crippen LogP contribution is 2.27. The van der Waals surface area contributed by atoms with Gasteiger partial charge in [-0.1, -0.05) is 48.5 Å². The summed E-state index contributed by atoms with van der Waals surface area (Å²) in [6.45, 7) is 0. The number of hydrogen-bond donors (Lipinski definition) is 1. The van der Waals surface area contributed by atoms with Gasteiger partial charge in [0, 0.05) is 5.56 Å². The number of nitrogens with two attached hydrogens (primary N) is 1. The van der Waals surface area contributed by atoms with E-state index in [0.717, 1.165) is 16.2 Å². The quantitative estimate of drug-likeness (QED) is 0.630. The summed E-state index contributed by atoms with van der Waals surface area (Å²) in [4.78, 5) is 11.4. The van der Waals surface area contributed by atoms with E-state index in [9.17, 15) is 4.79 Å². The van der Waals surface area contributed by atoms with Crippen LogP contribution in [0.4, 0.5) is 0 Å². The van der Waals surface area contributed by atoms with E-state index in [4.69, 9.17) is 5.73 Å².